The van der Waals surface area contributed by atoms with Crippen molar-refractivity contribution in [3.8, 4) is 5.75 Å². The van der Waals surface area contributed by atoms with E-state index in [1.807, 2.05) is 24.0 Å². The van der Waals surface area contributed by atoms with Crippen LogP contribution in [0.25, 0.3) is 11.0 Å². The zero-order valence-electron chi connectivity index (χ0n) is 21.5. The van der Waals surface area contributed by atoms with Gasteiger partial charge in [0.1, 0.15) is 11.3 Å². The first kappa shape index (κ1) is 25.7. The molecule has 0 bridgehead atoms. The Morgan fingerprint density at radius 3 is 2.83 bits per heavy atom. The zero-order chi connectivity index (χ0) is 24.8. The summed E-state index contributed by atoms with van der Waals surface area (Å²) in [6.45, 7) is 8.12. The van der Waals surface area contributed by atoms with Crippen LogP contribution in [0.4, 0.5) is 0 Å². The minimum Gasteiger partial charge on any atom is -0.483 e. The number of aryl methyl sites for hydroxylation is 2. The van der Waals surface area contributed by atoms with Crippen molar-refractivity contribution in [3.63, 3.8) is 0 Å². The van der Waals surface area contributed by atoms with Crippen LogP contribution in [-0.2, 0) is 16.0 Å². The Hall–Kier alpha value is -2.38. The first-order valence-electron chi connectivity index (χ1n) is 13.2. The summed E-state index contributed by atoms with van der Waals surface area (Å²) in [5.41, 5.74) is 1.92. The van der Waals surface area contributed by atoms with Crippen molar-refractivity contribution in [1.82, 2.24) is 9.80 Å². The van der Waals surface area contributed by atoms with E-state index in [1.54, 1.807) is 13.2 Å². The quantitative estimate of drug-likeness (QED) is 0.472. The zero-order valence-corrected chi connectivity index (χ0v) is 21.5. The van der Waals surface area contributed by atoms with Gasteiger partial charge in [0, 0.05) is 43.3 Å². The number of benzene rings is 1. The molecule has 0 aliphatic carbocycles. The fourth-order valence-corrected chi connectivity index (χ4v) is 5.86. The number of methoxy groups -OCH3 is 1. The maximum Gasteiger partial charge on any atom is 0.336 e. The lowest BCUT2D eigenvalue weighted by atomic mass is 9.83. The van der Waals surface area contributed by atoms with Gasteiger partial charge in [-0.1, -0.05) is 19.8 Å². The molecular formula is C28H40N2O5. The molecule has 2 fully saturated rings. The van der Waals surface area contributed by atoms with Crippen molar-refractivity contribution in [3.05, 3.63) is 39.7 Å². The largest absolute Gasteiger partial charge is 0.483 e. The Morgan fingerprint density at radius 1 is 1.20 bits per heavy atom. The van der Waals surface area contributed by atoms with Gasteiger partial charge in [-0.25, -0.2) is 4.79 Å². The molecule has 2 atom stereocenters. The topological polar surface area (TPSA) is 72.2 Å². The van der Waals surface area contributed by atoms with Gasteiger partial charge < -0.3 is 23.7 Å². The second-order valence-electron chi connectivity index (χ2n) is 10.0. The van der Waals surface area contributed by atoms with Gasteiger partial charge >= 0.3 is 5.63 Å². The van der Waals surface area contributed by atoms with Crippen molar-refractivity contribution < 1.29 is 18.7 Å². The van der Waals surface area contributed by atoms with Crippen LogP contribution < -0.4 is 10.4 Å². The van der Waals surface area contributed by atoms with E-state index < -0.39 is 0 Å². The molecule has 4 rings (SSSR count). The number of hydrogen-bond acceptors (Lipinski definition) is 6. The van der Waals surface area contributed by atoms with Gasteiger partial charge in [0.25, 0.3) is 5.91 Å². The molecule has 2 aromatic rings. The molecule has 7 nitrogen and oxygen atoms in total. The molecule has 2 saturated heterocycles. The number of nitrogens with zero attached hydrogens (tertiary/aromatic N) is 2. The van der Waals surface area contributed by atoms with Crippen molar-refractivity contribution in [2.75, 3.05) is 46.5 Å². The second-order valence-corrected chi connectivity index (χ2v) is 10.0. The molecule has 0 N–H and O–H groups in total. The van der Waals surface area contributed by atoms with Gasteiger partial charge in [-0.05, 0) is 75.7 Å². The Labute approximate surface area is 208 Å². The van der Waals surface area contributed by atoms with E-state index in [2.05, 4.69) is 11.8 Å². The molecule has 192 valence electrons. The highest BCUT2D eigenvalue weighted by molar-refractivity contribution is 5.85. The molecule has 2 aliphatic heterocycles. The first-order valence-corrected chi connectivity index (χ1v) is 13.2. The fourth-order valence-electron chi connectivity index (χ4n) is 5.86. The van der Waals surface area contributed by atoms with E-state index in [1.165, 1.54) is 45.2 Å². The summed E-state index contributed by atoms with van der Waals surface area (Å²) < 4.78 is 16.8. The molecule has 1 amide bonds. The molecule has 35 heavy (non-hydrogen) atoms. The van der Waals surface area contributed by atoms with E-state index in [0.29, 0.717) is 36.4 Å². The number of piperidine rings is 2. The van der Waals surface area contributed by atoms with Crippen molar-refractivity contribution in [1.29, 1.82) is 0 Å². The Morgan fingerprint density at radius 2 is 2.03 bits per heavy atom. The summed E-state index contributed by atoms with van der Waals surface area (Å²) in [6.07, 6.45) is 7.93. The summed E-state index contributed by atoms with van der Waals surface area (Å²) in [7, 11) is 1.67. The van der Waals surface area contributed by atoms with Crippen LogP contribution in [0.3, 0.4) is 0 Å². The minimum atomic E-state index is -0.354. The Balaban J connectivity index is 1.46. The summed E-state index contributed by atoms with van der Waals surface area (Å²) >= 11 is 0. The lowest BCUT2D eigenvalue weighted by molar-refractivity contribution is -0.135. The van der Waals surface area contributed by atoms with E-state index in [0.717, 1.165) is 35.9 Å². The number of fused-ring (bicyclic) bond motifs is 2. The van der Waals surface area contributed by atoms with Gasteiger partial charge in [-0.15, -0.1) is 0 Å². The average Bonchev–Trinajstić information content (AvgIpc) is 2.86. The maximum absolute atomic E-state index is 13.3. The van der Waals surface area contributed by atoms with E-state index in [4.69, 9.17) is 13.9 Å². The molecular weight excluding hydrogens is 444 g/mol. The van der Waals surface area contributed by atoms with Crippen LogP contribution in [0.15, 0.2) is 27.4 Å². The van der Waals surface area contributed by atoms with Crippen LogP contribution in [0.5, 0.6) is 5.75 Å². The van der Waals surface area contributed by atoms with Gasteiger partial charge in [0.15, 0.2) is 6.61 Å². The third-order valence-electron chi connectivity index (χ3n) is 7.67. The number of ether oxygens (including phenoxy) is 2. The minimum absolute atomic E-state index is 0.0318. The van der Waals surface area contributed by atoms with Gasteiger partial charge in [-0.2, -0.15) is 0 Å². The van der Waals surface area contributed by atoms with E-state index in [-0.39, 0.29) is 18.1 Å². The van der Waals surface area contributed by atoms with Gasteiger partial charge in [-0.3, -0.25) is 4.79 Å². The smallest absolute Gasteiger partial charge is 0.336 e. The van der Waals surface area contributed by atoms with Crippen LogP contribution in [0.2, 0.25) is 0 Å². The van der Waals surface area contributed by atoms with Crippen LogP contribution >= 0.6 is 0 Å². The lowest BCUT2D eigenvalue weighted by Crippen LogP contribution is -2.52. The van der Waals surface area contributed by atoms with Crippen molar-refractivity contribution in [2.45, 2.75) is 64.8 Å². The van der Waals surface area contributed by atoms with Gasteiger partial charge in [0.05, 0.1) is 6.61 Å². The predicted molar refractivity (Wildman–Crippen MR) is 137 cm³/mol. The van der Waals surface area contributed by atoms with Crippen molar-refractivity contribution >= 4 is 16.9 Å². The molecule has 0 unspecified atom stereocenters. The summed E-state index contributed by atoms with van der Waals surface area (Å²) in [6, 6.07) is 5.96. The predicted octanol–water partition coefficient (Wildman–Crippen LogP) is 4.17. The number of carbonyl (C=O) groups excluding carboxylic acids is 1. The Kier molecular flexibility index (Phi) is 8.84. The number of amides is 1. The summed E-state index contributed by atoms with van der Waals surface area (Å²) in [4.78, 5) is 29.9. The first-order chi connectivity index (χ1) is 17.0. The molecule has 1 aromatic carbocycles. The highest BCUT2D eigenvalue weighted by Gasteiger charge is 2.34. The summed E-state index contributed by atoms with van der Waals surface area (Å²) in [5, 5.41) is 0.929. The number of rotatable bonds is 10. The van der Waals surface area contributed by atoms with E-state index >= 15 is 0 Å². The SMILES string of the molecule is CCCc1cc(=O)oc2c(C)c(OCC(=O)N(CCOC)C[C@@H]3CCCN4CCCC[C@H]34)ccc12. The standard InChI is InChI=1S/C28H40N2O5/c1-4-8-21-17-27(32)35-28-20(2)25(12-11-23(21)28)34-19-26(31)30(15-16-33-3)18-22-9-7-14-29-13-6-5-10-24(22)29/h11-12,17,22,24H,4-10,13-16,18-19H2,1-3H3/t22-,24+/m0/s1. The van der Waals surface area contributed by atoms with Gasteiger partial charge in [0.2, 0.25) is 0 Å². The Bertz CT molecular complexity index is 1060. The number of hydrogen-bond donors (Lipinski definition) is 0. The monoisotopic (exact) mass is 484 g/mol. The molecule has 2 aliphatic rings. The van der Waals surface area contributed by atoms with Crippen molar-refractivity contribution in [2.24, 2.45) is 5.92 Å². The van der Waals surface area contributed by atoms with Crippen LogP contribution in [-0.4, -0.2) is 68.3 Å². The normalized spacial score (nSPS) is 20.5. The fraction of sp³-hybridized carbons (Fsp3) is 0.643. The third-order valence-corrected chi connectivity index (χ3v) is 7.67. The third kappa shape index (κ3) is 6.07. The highest BCUT2D eigenvalue weighted by atomic mass is 16.5. The second kappa shape index (κ2) is 12.0. The molecule has 7 heteroatoms. The molecule has 0 saturated carbocycles. The summed E-state index contributed by atoms with van der Waals surface area (Å²) in [5.74, 6) is 1.04. The number of carbonyl (C=O) groups is 1. The maximum atomic E-state index is 13.3. The molecule has 0 radical (unpaired) electrons. The molecule has 3 heterocycles. The van der Waals surface area contributed by atoms with E-state index in [9.17, 15) is 9.59 Å². The van der Waals surface area contributed by atoms with Crippen LogP contribution in [0.1, 0.15) is 56.6 Å². The average molecular weight is 485 g/mol. The van der Waals surface area contributed by atoms with Crippen LogP contribution in [0, 0.1) is 12.8 Å². The molecule has 1 aromatic heterocycles. The molecule has 0 spiro atoms. The highest BCUT2D eigenvalue weighted by Crippen LogP contribution is 2.32. The lowest BCUT2D eigenvalue weighted by Gasteiger charge is -2.45.